The molecule has 1 heterocycles. The molecule has 0 amide bonds. The Bertz CT molecular complexity index is 1130. The molecular formula is C28H34N+. The topological polar surface area (TPSA) is 3.88 Å². The second-order valence-corrected chi connectivity index (χ2v) is 10.3. The highest BCUT2D eigenvalue weighted by molar-refractivity contribution is 5.87. The highest BCUT2D eigenvalue weighted by atomic mass is 14.9. The third-order valence-corrected chi connectivity index (χ3v) is 6.37. The Morgan fingerprint density at radius 1 is 0.828 bits per heavy atom. The molecule has 150 valence electrons. The van der Waals surface area contributed by atoms with Gasteiger partial charge in [-0.15, -0.1) is 0 Å². The molecule has 0 atom stereocenters. The SMILES string of the molecule is Cc1cc(-c2c(C)cc(C)c3c2Cc2ccc(CC(C)(C)C)cc2-3)[n+](C)cc1C. The number of hydrogen-bond donors (Lipinski definition) is 0. The Labute approximate surface area is 176 Å². The monoisotopic (exact) mass is 384 g/mol. The minimum atomic E-state index is 0.302. The number of aromatic nitrogens is 1. The molecule has 1 aliphatic carbocycles. The van der Waals surface area contributed by atoms with E-state index in [1.54, 1.807) is 0 Å². The van der Waals surface area contributed by atoms with E-state index in [4.69, 9.17) is 0 Å². The van der Waals surface area contributed by atoms with Gasteiger partial charge in [0.15, 0.2) is 6.20 Å². The molecule has 0 unspecified atom stereocenters. The molecule has 2 aromatic carbocycles. The summed E-state index contributed by atoms with van der Waals surface area (Å²) >= 11 is 0. The van der Waals surface area contributed by atoms with Crippen LogP contribution in [0.25, 0.3) is 22.4 Å². The van der Waals surface area contributed by atoms with Crippen molar-refractivity contribution in [2.75, 3.05) is 0 Å². The molecule has 0 spiro atoms. The van der Waals surface area contributed by atoms with Crippen molar-refractivity contribution in [1.82, 2.24) is 0 Å². The Kier molecular flexibility index (Phi) is 4.69. The molecule has 1 nitrogen and oxygen atoms in total. The Morgan fingerprint density at radius 3 is 2.21 bits per heavy atom. The molecule has 0 N–H and O–H groups in total. The maximum absolute atomic E-state index is 2.46. The average Bonchev–Trinajstić information content (AvgIpc) is 2.96. The maximum atomic E-state index is 2.46. The van der Waals surface area contributed by atoms with E-state index in [9.17, 15) is 0 Å². The van der Waals surface area contributed by atoms with Gasteiger partial charge in [-0.05, 0) is 90.5 Å². The summed E-state index contributed by atoms with van der Waals surface area (Å²) in [6.07, 6.45) is 4.41. The molecule has 0 aliphatic heterocycles. The van der Waals surface area contributed by atoms with E-state index in [1.165, 1.54) is 61.3 Å². The first-order valence-electron chi connectivity index (χ1n) is 10.8. The van der Waals surface area contributed by atoms with Crippen molar-refractivity contribution in [3.63, 3.8) is 0 Å². The molecule has 1 heteroatoms. The number of fused-ring (bicyclic) bond motifs is 3. The van der Waals surface area contributed by atoms with Crippen LogP contribution in [0.4, 0.5) is 0 Å². The molecule has 29 heavy (non-hydrogen) atoms. The van der Waals surface area contributed by atoms with Crippen LogP contribution in [0, 0.1) is 33.1 Å². The quantitative estimate of drug-likeness (QED) is 0.344. The molecule has 0 bridgehead atoms. The summed E-state index contributed by atoms with van der Waals surface area (Å²) in [6, 6.07) is 11.9. The number of hydrogen-bond acceptors (Lipinski definition) is 0. The van der Waals surface area contributed by atoms with Crippen molar-refractivity contribution < 1.29 is 4.57 Å². The Balaban J connectivity index is 1.93. The predicted octanol–water partition coefficient (Wildman–Crippen LogP) is 6.57. The van der Waals surface area contributed by atoms with Gasteiger partial charge in [-0.25, -0.2) is 4.57 Å². The van der Waals surface area contributed by atoms with Gasteiger partial charge in [0.1, 0.15) is 7.05 Å². The predicted molar refractivity (Wildman–Crippen MR) is 123 cm³/mol. The molecule has 1 aromatic heterocycles. The number of pyridine rings is 1. The fourth-order valence-corrected chi connectivity index (χ4v) is 5.03. The third kappa shape index (κ3) is 3.52. The lowest BCUT2D eigenvalue weighted by Gasteiger charge is -2.19. The van der Waals surface area contributed by atoms with Crippen LogP contribution in [0.3, 0.4) is 0 Å². The number of nitrogens with zero attached hydrogens (tertiary/aromatic N) is 1. The van der Waals surface area contributed by atoms with Crippen molar-refractivity contribution in [2.24, 2.45) is 12.5 Å². The van der Waals surface area contributed by atoms with Crippen LogP contribution in [0.15, 0.2) is 36.5 Å². The van der Waals surface area contributed by atoms with Crippen molar-refractivity contribution in [1.29, 1.82) is 0 Å². The first-order valence-corrected chi connectivity index (χ1v) is 10.8. The summed E-state index contributed by atoms with van der Waals surface area (Å²) in [5.41, 5.74) is 15.9. The van der Waals surface area contributed by atoms with E-state index in [0.717, 1.165) is 12.8 Å². The summed E-state index contributed by atoms with van der Waals surface area (Å²) < 4.78 is 2.30. The highest BCUT2D eigenvalue weighted by Gasteiger charge is 2.28. The first-order chi connectivity index (χ1) is 13.5. The van der Waals surface area contributed by atoms with Crippen LogP contribution >= 0.6 is 0 Å². The fourth-order valence-electron chi connectivity index (χ4n) is 5.03. The summed E-state index contributed by atoms with van der Waals surface area (Å²) in [6.45, 7) is 15.9. The molecule has 0 radical (unpaired) electrons. The van der Waals surface area contributed by atoms with Gasteiger partial charge in [-0.1, -0.05) is 45.0 Å². The van der Waals surface area contributed by atoms with Crippen LogP contribution in [-0.4, -0.2) is 0 Å². The van der Waals surface area contributed by atoms with E-state index >= 15 is 0 Å². The van der Waals surface area contributed by atoms with Crippen molar-refractivity contribution in [2.45, 2.75) is 61.3 Å². The molecule has 0 saturated carbocycles. The maximum Gasteiger partial charge on any atom is 0.213 e. The molecule has 4 rings (SSSR count). The average molecular weight is 385 g/mol. The summed E-state index contributed by atoms with van der Waals surface area (Å²) in [5, 5.41) is 0. The zero-order chi connectivity index (χ0) is 21.1. The van der Waals surface area contributed by atoms with Crippen LogP contribution in [0.2, 0.25) is 0 Å². The van der Waals surface area contributed by atoms with Gasteiger partial charge in [0.25, 0.3) is 0 Å². The summed E-state index contributed by atoms with van der Waals surface area (Å²) in [5.74, 6) is 0. The minimum Gasteiger partial charge on any atom is -0.201 e. The third-order valence-electron chi connectivity index (χ3n) is 6.37. The van der Waals surface area contributed by atoms with Crippen molar-refractivity contribution >= 4 is 0 Å². The van der Waals surface area contributed by atoms with Gasteiger partial charge >= 0.3 is 0 Å². The van der Waals surface area contributed by atoms with Gasteiger partial charge in [-0.3, -0.25) is 0 Å². The largest absolute Gasteiger partial charge is 0.213 e. The zero-order valence-electron chi connectivity index (χ0n) is 19.3. The lowest BCUT2D eigenvalue weighted by atomic mass is 9.86. The molecule has 0 saturated heterocycles. The van der Waals surface area contributed by atoms with E-state index < -0.39 is 0 Å². The van der Waals surface area contributed by atoms with Gasteiger partial charge in [0.2, 0.25) is 5.69 Å². The van der Waals surface area contributed by atoms with Gasteiger partial charge in [0.05, 0.1) is 5.56 Å². The van der Waals surface area contributed by atoms with Crippen LogP contribution < -0.4 is 4.57 Å². The smallest absolute Gasteiger partial charge is 0.201 e. The fraction of sp³-hybridized carbons (Fsp3) is 0.393. The van der Waals surface area contributed by atoms with Gasteiger partial charge in [-0.2, -0.15) is 0 Å². The van der Waals surface area contributed by atoms with E-state index in [-0.39, 0.29) is 0 Å². The number of rotatable bonds is 2. The molecular weight excluding hydrogens is 350 g/mol. The minimum absolute atomic E-state index is 0.302. The van der Waals surface area contributed by atoms with Gasteiger partial charge in [0, 0.05) is 11.6 Å². The lowest BCUT2D eigenvalue weighted by molar-refractivity contribution is -0.660. The van der Waals surface area contributed by atoms with E-state index in [2.05, 4.69) is 96.6 Å². The lowest BCUT2D eigenvalue weighted by Crippen LogP contribution is -2.32. The van der Waals surface area contributed by atoms with Crippen molar-refractivity contribution in [3.05, 3.63) is 75.5 Å². The second kappa shape index (κ2) is 6.83. The zero-order valence-corrected chi connectivity index (χ0v) is 19.3. The standard InChI is InChI=1S/C28H34N/c1-17-12-25(29(8)16-20(17)4)27-19(3)11-18(2)26-23-13-21(15-28(5,6)7)9-10-22(23)14-24(26)27/h9-13,16H,14-15H2,1-8H3/q+1. The number of benzene rings is 2. The molecule has 3 aromatic rings. The molecule has 1 aliphatic rings. The highest BCUT2D eigenvalue weighted by Crippen LogP contribution is 2.45. The summed E-state index contributed by atoms with van der Waals surface area (Å²) in [7, 11) is 2.18. The second-order valence-electron chi connectivity index (χ2n) is 10.3. The van der Waals surface area contributed by atoms with Crippen LogP contribution in [0.5, 0.6) is 0 Å². The first kappa shape index (κ1) is 19.9. The van der Waals surface area contributed by atoms with Crippen LogP contribution in [-0.2, 0) is 19.9 Å². The Hall–Kier alpha value is -2.41. The molecule has 0 fully saturated rings. The van der Waals surface area contributed by atoms with E-state index in [0.29, 0.717) is 5.41 Å². The van der Waals surface area contributed by atoms with Gasteiger partial charge < -0.3 is 0 Å². The van der Waals surface area contributed by atoms with E-state index in [1.807, 2.05) is 0 Å². The van der Waals surface area contributed by atoms with Crippen LogP contribution in [0.1, 0.15) is 59.7 Å². The number of aryl methyl sites for hydroxylation is 5. The van der Waals surface area contributed by atoms with Crippen molar-refractivity contribution in [3.8, 4) is 22.4 Å². The summed E-state index contributed by atoms with van der Waals surface area (Å²) in [4.78, 5) is 0. The Morgan fingerprint density at radius 2 is 1.52 bits per heavy atom. The normalized spacial score (nSPS) is 12.8.